The molecule has 126 valence electrons. The minimum atomic E-state index is -0.548. The zero-order chi connectivity index (χ0) is 16.9. The maximum absolute atomic E-state index is 11.2. The molecular formula is C18H23N5O. The largest absolute Gasteiger partial charge is 0.364 e. The first-order valence-electron chi connectivity index (χ1n) is 8.21. The molecule has 1 saturated heterocycles. The molecule has 0 radical (unpaired) electrons. The molecule has 1 fully saturated rings. The maximum Gasteiger partial charge on any atom is 0.268 e. The Bertz CT molecular complexity index is 691. The molecule has 1 aromatic heterocycles. The van der Waals surface area contributed by atoms with Gasteiger partial charge in [0.25, 0.3) is 5.91 Å². The predicted octanol–water partition coefficient (Wildman–Crippen LogP) is 1.53. The fourth-order valence-corrected chi connectivity index (χ4v) is 3.19. The summed E-state index contributed by atoms with van der Waals surface area (Å²) in [6.45, 7) is 4.07. The number of amides is 1. The molecule has 1 aromatic carbocycles. The Hall–Kier alpha value is -2.47. The van der Waals surface area contributed by atoms with Gasteiger partial charge in [0.05, 0.1) is 12.4 Å². The molecule has 1 aliphatic rings. The maximum atomic E-state index is 11.2. The Balaban J connectivity index is 1.55. The van der Waals surface area contributed by atoms with Gasteiger partial charge in [-0.2, -0.15) is 0 Å². The van der Waals surface area contributed by atoms with E-state index in [-0.39, 0.29) is 5.69 Å². The number of aromatic nitrogens is 2. The molecule has 6 nitrogen and oxygen atoms in total. The first kappa shape index (κ1) is 16.4. The molecule has 0 aliphatic carbocycles. The van der Waals surface area contributed by atoms with Crippen molar-refractivity contribution in [2.45, 2.75) is 13.0 Å². The second kappa shape index (κ2) is 7.40. The van der Waals surface area contributed by atoms with Crippen LogP contribution in [0.25, 0.3) is 0 Å². The van der Waals surface area contributed by atoms with Gasteiger partial charge in [-0.25, -0.2) is 4.98 Å². The second-order valence-electron chi connectivity index (χ2n) is 6.38. The minimum Gasteiger partial charge on any atom is -0.364 e. The lowest BCUT2D eigenvalue weighted by atomic mass is 10.1. The Morgan fingerprint density at radius 2 is 2.12 bits per heavy atom. The fraction of sp³-hybridized carbons (Fsp3) is 0.389. The standard InChI is InChI=1S/C18H23N5O/c1-22(17-10-20-9-16(21-17)18(19)24)11-15-7-8-23(13-15)12-14-5-3-2-4-6-14/h2-6,9-10,15H,7-8,11-13H2,1H3,(H2,19,24)/t15-/m0/s1. The van der Waals surface area contributed by atoms with Gasteiger partial charge in [-0.1, -0.05) is 30.3 Å². The average molecular weight is 325 g/mol. The highest BCUT2D eigenvalue weighted by Crippen LogP contribution is 2.21. The molecule has 2 heterocycles. The van der Waals surface area contributed by atoms with Crippen LogP contribution in [0.3, 0.4) is 0 Å². The quantitative estimate of drug-likeness (QED) is 0.872. The van der Waals surface area contributed by atoms with Gasteiger partial charge in [0, 0.05) is 26.7 Å². The molecular weight excluding hydrogens is 302 g/mol. The molecule has 3 rings (SSSR count). The molecule has 1 aliphatic heterocycles. The van der Waals surface area contributed by atoms with Crippen LogP contribution in [0.4, 0.5) is 5.82 Å². The van der Waals surface area contributed by atoms with Crippen molar-refractivity contribution in [3.8, 4) is 0 Å². The first-order chi connectivity index (χ1) is 11.6. The summed E-state index contributed by atoms with van der Waals surface area (Å²) in [5.41, 5.74) is 6.83. The van der Waals surface area contributed by atoms with E-state index in [4.69, 9.17) is 5.73 Å². The number of hydrogen-bond donors (Lipinski definition) is 1. The third-order valence-corrected chi connectivity index (χ3v) is 4.42. The van der Waals surface area contributed by atoms with Gasteiger partial charge < -0.3 is 10.6 Å². The summed E-state index contributed by atoms with van der Waals surface area (Å²) >= 11 is 0. The lowest BCUT2D eigenvalue weighted by Crippen LogP contribution is -2.29. The molecule has 0 spiro atoms. The summed E-state index contributed by atoms with van der Waals surface area (Å²) in [7, 11) is 1.98. The summed E-state index contributed by atoms with van der Waals surface area (Å²) in [5.74, 6) is 0.721. The molecule has 6 heteroatoms. The van der Waals surface area contributed by atoms with E-state index < -0.39 is 5.91 Å². The van der Waals surface area contributed by atoms with Crippen molar-refractivity contribution in [2.24, 2.45) is 11.7 Å². The van der Waals surface area contributed by atoms with Crippen molar-refractivity contribution in [3.63, 3.8) is 0 Å². The summed E-state index contributed by atoms with van der Waals surface area (Å²) in [6, 6.07) is 10.6. The zero-order valence-electron chi connectivity index (χ0n) is 13.9. The van der Waals surface area contributed by atoms with Crippen molar-refractivity contribution >= 4 is 11.7 Å². The zero-order valence-corrected chi connectivity index (χ0v) is 13.9. The number of benzene rings is 1. The summed E-state index contributed by atoms with van der Waals surface area (Å²) in [4.78, 5) is 24.1. The van der Waals surface area contributed by atoms with E-state index in [1.54, 1.807) is 6.20 Å². The van der Waals surface area contributed by atoms with E-state index in [2.05, 4.69) is 44.0 Å². The molecule has 2 aromatic rings. The number of hydrogen-bond acceptors (Lipinski definition) is 5. The first-order valence-corrected chi connectivity index (χ1v) is 8.21. The molecule has 0 bridgehead atoms. The lowest BCUT2D eigenvalue weighted by Gasteiger charge is -2.22. The lowest BCUT2D eigenvalue weighted by molar-refractivity contribution is 0.0995. The van der Waals surface area contributed by atoms with Crippen LogP contribution in [-0.2, 0) is 6.54 Å². The van der Waals surface area contributed by atoms with Crippen LogP contribution < -0.4 is 10.6 Å². The van der Waals surface area contributed by atoms with Crippen molar-refractivity contribution in [3.05, 3.63) is 54.0 Å². The number of anilines is 1. The van der Waals surface area contributed by atoms with Crippen LogP contribution >= 0.6 is 0 Å². The molecule has 2 N–H and O–H groups in total. The van der Waals surface area contributed by atoms with Gasteiger partial charge in [0.2, 0.25) is 0 Å². The molecule has 0 unspecified atom stereocenters. The summed E-state index contributed by atoms with van der Waals surface area (Å²) < 4.78 is 0. The van der Waals surface area contributed by atoms with Gasteiger partial charge >= 0.3 is 0 Å². The normalized spacial score (nSPS) is 17.8. The molecule has 1 atom stereocenters. The SMILES string of the molecule is CN(C[C@@H]1CCN(Cc2ccccc2)C1)c1cncc(C(N)=O)n1. The van der Waals surface area contributed by atoms with Crippen LogP contribution in [0.15, 0.2) is 42.7 Å². The van der Waals surface area contributed by atoms with Crippen molar-refractivity contribution < 1.29 is 4.79 Å². The highest BCUT2D eigenvalue weighted by molar-refractivity contribution is 5.90. The third kappa shape index (κ3) is 4.08. The minimum absolute atomic E-state index is 0.205. The van der Waals surface area contributed by atoms with Crippen LogP contribution in [-0.4, -0.2) is 47.5 Å². The number of likely N-dealkylation sites (tertiary alicyclic amines) is 1. The van der Waals surface area contributed by atoms with Crippen molar-refractivity contribution in [2.75, 3.05) is 31.6 Å². The van der Waals surface area contributed by atoms with Crippen LogP contribution in [0.5, 0.6) is 0 Å². The highest BCUT2D eigenvalue weighted by atomic mass is 16.1. The van der Waals surface area contributed by atoms with E-state index >= 15 is 0 Å². The molecule has 1 amide bonds. The third-order valence-electron chi connectivity index (χ3n) is 4.42. The highest BCUT2D eigenvalue weighted by Gasteiger charge is 2.24. The average Bonchev–Trinajstić information content (AvgIpc) is 3.02. The number of primary amides is 1. The van der Waals surface area contributed by atoms with Gasteiger partial charge in [-0.3, -0.25) is 14.7 Å². The number of carbonyl (C=O) groups excluding carboxylic acids is 1. The van der Waals surface area contributed by atoms with E-state index in [0.29, 0.717) is 11.7 Å². The van der Waals surface area contributed by atoms with E-state index in [0.717, 1.165) is 26.2 Å². The van der Waals surface area contributed by atoms with E-state index in [9.17, 15) is 4.79 Å². The Labute approximate surface area is 142 Å². The molecule has 24 heavy (non-hydrogen) atoms. The Kier molecular flexibility index (Phi) is 5.05. The smallest absolute Gasteiger partial charge is 0.268 e. The van der Waals surface area contributed by atoms with Gasteiger partial charge in [-0.05, 0) is 24.4 Å². The predicted molar refractivity (Wildman–Crippen MR) is 93.6 cm³/mol. The summed E-state index contributed by atoms with van der Waals surface area (Å²) in [5, 5.41) is 0. The second-order valence-corrected chi connectivity index (χ2v) is 6.38. The monoisotopic (exact) mass is 325 g/mol. The van der Waals surface area contributed by atoms with Crippen LogP contribution in [0, 0.1) is 5.92 Å². The van der Waals surface area contributed by atoms with Gasteiger partial charge in [0.1, 0.15) is 11.5 Å². The molecule has 0 saturated carbocycles. The Morgan fingerprint density at radius 3 is 2.88 bits per heavy atom. The number of carbonyl (C=O) groups is 1. The van der Waals surface area contributed by atoms with Crippen molar-refractivity contribution in [1.29, 1.82) is 0 Å². The fourth-order valence-electron chi connectivity index (χ4n) is 3.19. The number of rotatable bonds is 6. The number of nitrogens with two attached hydrogens (primary N) is 1. The van der Waals surface area contributed by atoms with Gasteiger partial charge in [0.15, 0.2) is 0 Å². The van der Waals surface area contributed by atoms with Crippen LogP contribution in [0.2, 0.25) is 0 Å². The Morgan fingerprint density at radius 1 is 1.33 bits per heavy atom. The summed E-state index contributed by atoms with van der Waals surface area (Å²) in [6.07, 6.45) is 4.24. The topological polar surface area (TPSA) is 75.3 Å². The van der Waals surface area contributed by atoms with Crippen molar-refractivity contribution in [1.82, 2.24) is 14.9 Å². The van der Waals surface area contributed by atoms with Gasteiger partial charge in [-0.15, -0.1) is 0 Å². The van der Waals surface area contributed by atoms with E-state index in [1.807, 2.05) is 13.1 Å². The van der Waals surface area contributed by atoms with Crippen LogP contribution in [0.1, 0.15) is 22.5 Å². The van der Waals surface area contributed by atoms with E-state index in [1.165, 1.54) is 18.2 Å². The number of nitrogens with zero attached hydrogens (tertiary/aromatic N) is 4.